The van der Waals surface area contributed by atoms with Gasteiger partial charge in [0.1, 0.15) is 0 Å². The average Bonchev–Trinajstić information content (AvgIpc) is 3.20. The van der Waals surface area contributed by atoms with Crippen molar-refractivity contribution in [3.63, 3.8) is 0 Å². The van der Waals surface area contributed by atoms with E-state index in [2.05, 4.69) is 15.9 Å². The maximum Gasteiger partial charge on any atom is 0.303 e. The predicted molar refractivity (Wildman–Crippen MR) is 112 cm³/mol. The number of halogens is 1. The molecule has 0 aliphatic heterocycles. The molecule has 0 saturated heterocycles. The van der Waals surface area contributed by atoms with E-state index in [9.17, 15) is 14.7 Å². The van der Waals surface area contributed by atoms with Crippen LogP contribution >= 0.6 is 27.3 Å². The summed E-state index contributed by atoms with van der Waals surface area (Å²) in [7, 11) is 0. The van der Waals surface area contributed by atoms with Gasteiger partial charge in [-0.1, -0.05) is 18.2 Å². The maximum absolute atomic E-state index is 12.1. The summed E-state index contributed by atoms with van der Waals surface area (Å²) in [6, 6.07) is 2.05. The first-order chi connectivity index (χ1) is 13.0. The van der Waals surface area contributed by atoms with Gasteiger partial charge in [0.05, 0.1) is 6.10 Å². The summed E-state index contributed by atoms with van der Waals surface area (Å²) in [6.45, 7) is 0. The number of aryl methyl sites for hydroxylation is 1. The summed E-state index contributed by atoms with van der Waals surface area (Å²) < 4.78 is 1.06. The topological polar surface area (TPSA) is 74.6 Å². The fourth-order valence-electron chi connectivity index (χ4n) is 3.44. The van der Waals surface area contributed by atoms with Gasteiger partial charge in [-0.05, 0) is 78.4 Å². The van der Waals surface area contributed by atoms with Gasteiger partial charge in [-0.25, -0.2) is 0 Å². The van der Waals surface area contributed by atoms with E-state index < -0.39 is 5.97 Å². The van der Waals surface area contributed by atoms with Crippen LogP contribution in [0, 0.1) is 11.8 Å². The van der Waals surface area contributed by atoms with Crippen LogP contribution in [0.4, 0.5) is 0 Å². The molecule has 0 aromatic carbocycles. The number of rotatable bonds is 11. The van der Waals surface area contributed by atoms with E-state index in [-0.39, 0.29) is 30.1 Å². The van der Waals surface area contributed by atoms with Crippen LogP contribution in [0.5, 0.6) is 0 Å². The van der Waals surface area contributed by atoms with E-state index in [4.69, 9.17) is 5.11 Å². The Bertz CT molecular complexity index is 679. The summed E-state index contributed by atoms with van der Waals surface area (Å²) in [5, 5.41) is 20.9. The van der Waals surface area contributed by atoms with Crippen LogP contribution < -0.4 is 0 Å². The number of allylic oxidation sites excluding steroid dienone is 4. The average molecular weight is 455 g/mol. The third kappa shape index (κ3) is 8.11. The molecule has 3 atom stereocenters. The largest absolute Gasteiger partial charge is 0.481 e. The van der Waals surface area contributed by atoms with Crippen LogP contribution in [0.2, 0.25) is 0 Å². The lowest BCUT2D eigenvalue weighted by molar-refractivity contribution is -0.137. The van der Waals surface area contributed by atoms with Crippen LogP contribution in [-0.2, 0) is 16.0 Å². The van der Waals surface area contributed by atoms with Gasteiger partial charge in [0, 0.05) is 27.6 Å². The van der Waals surface area contributed by atoms with Gasteiger partial charge in [0.2, 0.25) is 0 Å². The Labute approximate surface area is 173 Å². The number of hydrogen-bond donors (Lipinski definition) is 2. The Hall–Kier alpha value is -1.24. The van der Waals surface area contributed by atoms with Crippen LogP contribution in [0.15, 0.2) is 40.2 Å². The first kappa shape index (κ1) is 22.1. The molecule has 0 radical (unpaired) electrons. The molecule has 1 aliphatic rings. The molecule has 1 aliphatic carbocycles. The Morgan fingerprint density at radius 1 is 1.26 bits per heavy atom. The number of hydrogen-bond acceptors (Lipinski definition) is 4. The highest BCUT2D eigenvalue weighted by Gasteiger charge is 2.32. The van der Waals surface area contributed by atoms with Gasteiger partial charge in [0.15, 0.2) is 5.78 Å². The summed E-state index contributed by atoms with van der Waals surface area (Å²) >= 11 is 5.08. The first-order valence-electron chi connectivity index (χ1n) is 9.44. The van der Waals surface area contributed by atoms with Crippen LogP contribution in [0.3, 0.4) is 0 Å². The quantitative estimate of drug-likeness (QED) is 0.275. The smallest absolute Gasteiger partial charge is 0.303 e. The highest BCUT2D eigenvalue weighted by atomic mass is 79.9. The van der Waals surface area contributed by atoms with Crippen LogP contribution in [0.1, 0.15) is 49.8 Å². The molecule has 148 valence electrons. The third-order valence-corrected chi connectivity index (χ3v) is 6.70. The van der Waals surface area contributed by atoms with Gasteiger partial charge < -0.3 is 10.2 Å². The zero-order valence-electron chi connectivity index (χ0n) is 15.4. The Morgan fingerprint density at radius 2 is 2.07 bits per heavy atom. The third-order valence-electron chi connectivity index (χ3n) is 4.95. The first-order valence-corrected chi connectivity index (χ1v) is 11.1. The van der Waals surface area contributed by atoms with Gasteiger partial charge >= 0.3 is 5.97 Å². The van der Waals surface area contributed by atoms with Gasteiger partial charge in [-0.3, -0.25) is 9.59 Å². The second-order valence-electron chi connectivity index (χ2n) is 7.02. The van der Waals surface area contributed by atoms with Gasteiger partial charge in [-0.15, -0.1) is 11.3 Å². The van der Waals surface area contributed by atoms with Crippen molar-refractivity contribution in [3.8, 4) is 0 Å². The molecule has 2 N–H and O–H groups in total. The van der Waals surface area contributed by atoms with Crippen molar-refractivity contribution in [3.05, 3.63) is 45.1 Å². The van der Waals surface area contributed by atoms with Crippen molar-refractivity contribution in [2.24, 2.45) is 11.8 Å². The van der Waals surface area contributed by atoms with Crippen molar-refractivity contribution >= 4 is 39.0 Å². The van der Waals surface area contributed by atoms with Crippen molar-refractivity contribution in [1.82, 2.24) is 0 Å². The second kappa shape index (κ2) is 11.6. The number of carbonyl (C=O) groups excluding carboxylic acids is 1. The molecule has 1 aromatic heterocycles. The standard InChI is InChI=1S/C21H27BrO4S/c22-16-13-18(27-14-16)11-10-17(23)9-7-15-8-12-20(24)19(15)5-3-1-2-4-6-21(25)26/h1,3,7,9,13-15,19-20,24H,2,4-6,8,10-12H2,(H,25,26)/t15-,19+,20?/m0/s1. The number of ketones is 1. The van der Waals surface area contributed by atoms with E-state index >= 15 is 0 Å². The molecular weight excluding hydrogens is 428 g/mol. The number of carboxylic acids is 1. The van der Waals surface area contributed by atoms with E-state index in [0.29, 0.717) is 12.8 Å². The van der Waals surface area contributed by atoms with Crippen molar-refractivity contribution in [2.75, 3.05) is 0 Å². The Kier molecular flexibility index (Phi) is 9.45. The highest BCUT2D eigenvalue weighted by molar-refractivity contribution is 9.10. The molecule has 1 saturated carbocycles. The molecule has 27 heavy (non-hydrogen) atoms. The van der Waals surface area contributed by atoms with Crippen molar-refractivity contribution in [1.29, 1.82) is 0 Å². The number of aliphatic carboxylic acids is 1. The maximum atomic E-state index is 12.1. The van der Waals surface area contributed by atoms with Crippen molar-refractivity contribution < 1.29 is 19.8 Å². The van der Waals surface area contributed by atoms with Gasteiger partial charge in [0.25, 0.3) is 0 Å². The minimum absolute atomic E-state index is 0.129. The van der Waals surface area contributed by atoms with E-state index in [1.165, 1.54) is 4.88 Å². The lowest BCUT2D eigenvalue weighted by Gasteiger charge is -2.17. The molecule has 0 amide bonds. The second-order valence-corrected chi connectivity index (χ2v) is 8.93. The minimum atomic E-state index is -0.767. The number of unbranched alkanes of at least 4 members (excludes halogenated alkanes) is 1. The predicted octanol–water partition coefficient (Wildman–Crippen LogP) is 5.16. The molecule has 1 fully saturated rings. The molecule has 4 nitrogen and oxygen atoms in total. The molecule has 1 unspecified atom stereocenters. The Balaban J connectivity index is 1.75. The monoisotopic (exact) mass is 454 g/mol. The Morgan fingerprint density at radius 3 is 2.78 bits per heavy atom. The van der Waals surface area contributed by atoms with E-state index in [1.807, 2.05) is 29.7 Å². The molecule has 6 heteroatoms. The number of carbonyl (C=O) groups is 2. The minimum Gasteiger partial charge on any atom is -0.481 e. The molecule has 0 spiro atoms. The zero-order chi connectivity index (χ0) is 19.6. The van der Waals surface area contributed by atoms with Crippen molar-refractivity contribution in [2.45, 2.75) is 57.5 Å². The fourth-order valence-corrected chi connectivity index (χ4v) is 4.89. The normalized spacial score (nSPS) is 22.8. The lowest BCUT2D eigenvalue weighted by atomic mass is 9.90. The number of aliphatic hydroxyl groups excluding tert-OH is 1. The summed E-state index contributed by atoms with van der Waals surface area (Å²) in [6.07, 6.45) is 12.6. The highest BCUT2D eigenvalue weighted by Crippen LogP contribution is 2.36. The van der Waals surface area contributed by atoms with Gasteiger partial charge in [-0.2, -0.15) is 0 Å². The molecule has 1 heterocycles. The molecular formula is C21H27BrO4S. The summed E-state index contributed by atoms with van der Waals surface area (Å²) in [5.74, 6) is -0.276. The number of thiophene rings is 1. The summed E-state index contributed by atoms with van der Waals surface area (Å²) in [5.41, 5.74) is 0. The fraction of sp³-hybridized carbons (Fsp3) is 0.524. The zero-order valence-corrected chi connectivity index (χ0v) is 17.8. The molecule has 1 aromatic rings. The lowest BCUT2D eigenvalue weighted by Crippen LogP contribution is -2.17. The number of carboxylic acid groups (broad SMARTS) is 1. The van der Waals surface area contributed by atoms with Crippen LogP contribution in [-0.4, -0.2) is 28.1 Å². The van der Waals surface area contributed by atoms with Crippen LogP contribution in [0.25, 0.3) is 0 Å². The molecule has 0 bridgehead atoms. The SMILES string of the molecule is O=C(O)CCCC=CC[C@H]1C(O)CC[C@@H]1C=CC(=O)CCc1cc(Br)cs1. The summed E-state index contributed by atoms with van der Waals surface area (Å²) in [4.78, 5) is 23.8. The molecule has 2 rings (SSSR count). The number of aliphatic hydroxyl groups is 1. The van der Waals surface area contributed by atoms with E-state index in [0.717, 1.165) is 36.6 Å². The van der Waals surface area contributed by atoms with E-state index in [1.54, 1.807) is 17.4 Å².